The van der Waals surface area contributed by atoms with Crippen LogP contribution in [0.5, 0.6) is 0 Å². The van der Waals surface area contributed by atoms with Crippen LogP contribution in [0.15, 0.2) is 18.2 Å². The zero-order chi connectivity index (χ0) is 14.6. The Morgan fingerprint density at radius 2 is 2.11 bits per heavy atom. The van der Waals surface area contributed by atoms with Crippen molar-refractivity contribution in [3.05, 3.63) is 39.4 Å². The number of hydrogen-bond donors (Lipinski definition) is 1. The molecule has 0 aromatic heterocycles. The summed E-state index contributed by atoms with van der Waals surface area (Å²) in [5.74, 6) is -0.403. The first-order chi connectivity index (χ1) is 8.86. The van der Waals surface area contributed by atoms with E-state index in [-0.39, 0.29) is 11.6 Å². The second-order valence-corrected chi connectivity index (χ2v) is 4.58. The van der Waals surface area contributed by atoms with Crippen molar-refractivity contribution >= 4 is 11.6 Å². The fraction of sp³-hybridized carbons (Fsp3) is 0.385. The van der Waals surface area contributed by atoms with Crippen molar-refractivity contribution in [3.8, 4) is 6.07 Å². The number of rotatable bonds is 4. The van der Waals surface area contributed by atoms with E-state index in [1.807, 2.05) is 19.9 Å². The smallest absolute Gasteiger partial charge is 0.269 e. The van der Waals surface area contributed by atoms with Gasteiger partial charge >= 0.3 is 0 Å². The third kappa shape index (κ3) is 3.52. The molecule has 0 fully saturated rings. The van der Waals surface area contributed by atoms with Crippen molar-refractivity contribution in [1.29, 1.82) is 5.26 Å². The number of nitrogens with zero attached hydrogens (tertiary/aromatic N) is 2. The van der Waals surface area contributed by atoms with Gasteiger partial charge in [0.25, 0.3) is 11.6 Å². The minimum absolute atomic E-state index is 0.00713. The van der Waals surface area contributed by atoms with Crippen LogP contribution in [-0.4, -0.2) is 16.9 Å². The van der Waals surface area contributed by atoms with Gasteiger partial charge in [-0.3, -0.25) is 14.9 Å². The highest BCUT2D eigenvalue weighted by Crippen LogP contribution is 2.17. The number of nitrogens with one attached hydrogen (secondary N) is 1. The Morgan fingerprint density at radius 3 is 2.53 bits per heavy atom. The lowest BCUT2D eigenvalue weighted by Crippen LogP contribution is -2.37. The topological polar surface area (TPSA) is 96.0 Å². The van der Waals surface area contributed by atoms with Crippen LogP contribution in [0.4, 0.5) is 5.69 Å². The average molecular weight is 261 g/mol. The summed E-state index contributed by atoms with van der Waals surface area (Å²) in [5.41, 5.74) is 0.786. The summed E-state index contributed by atoms with van der Waals surface area (Å²) in [6, 6.07) is 5.45. The standard InChI is InChI=1S/C13H15N3O3/c1-8(2)12(7-14)15-13(17)11-5-4-10(16(18)19)6-9(11)3/h4-6,8,12H,1-3H3,(H,15,17). The van der Waals surface area contributed by atoms with Gasteiger partial charge in [-0.1, -0.05) is 13.8 Å². The van der Waals surface area contributed by atoms with Gasteiger partial charge in [0.05, 0.1) is 11.0 Å². The van der Waals surface area contributed by atoms with Crippen LogP contribution in [0.1, 0.15) is 29.8 Å². The van der Waals surface area contributed by atoms with Crippen LogP contribution in [0.25, 0.3) is 0 Å². The van der Waals surface area contributed by atoms with E-state index in [9.17, 15) is 14.9 Å². The summed E-state index contributed by atoms with van der Waals surface area (Å²) in [5, 5.41) is 22.1. The molecule has 1 aromatic carbocycles. The van der Waals surface area contributed by atoms with E-state index >= 15 is 0 Å². The number of aryl methyl sites for hydroxylation is 1. The second kappa shape index (κ2) is 5.96. The lowest BCUT2D eigenvalue weighted by atomic mass is 10.0. The van der Waals surface area contributed by atoms with Crippen molar-refractivity contribution in [1.82, 2.24) is 5.32 Å². The summed E-state index contributed by atoms with van der Waals surface area (Å²) < 4.78 is 0. The molecule has 0 radical (unpaired) electrons. The minimum atomic E-state index is -0.581. The SMILES string of the molecule is Cc1cc([N+](=O)[O-])ccc1C(=O)NC(C#N)C(C)C. The molecule has 0 aliphatic rings. The first kappa shape index (κ1) is 14.6. The number of nitro benzene ring substituents is 1. The molecular formula is C13H15N3O3. The van der Waals surface area contributed by atoms with Crippen LogP contribution in [0.2, 0.25) is 0 Å². The van der Waals surface area contributed by atoms with Crippen molar-refractivity contribution in [2.75, 3.05) is 0 Å². The summed E-state index contributed by atoms with van der Waals surface area (Å²) in [6.45, 7) is 5.28. The highest BCUT2D eigenvalue weighted by molar-refractivity contribution is 5.96. The molecule has 1 atom stereocenters. The van der Waals surface area contributed by atoms with Crippen LogP contribution >= 0.6 is 0 Å². The number of non-ortho nitro benzene ring substituents is 1. The molecule has 1 amide bonds. The highest BCUT2D eigenvalue weighted by Gasteiger charge is 2.18. The van der Waals surface area contributed by atoms with Crippen LogP contribution in [0.3, 0.4) is 0 Å². The molecule has 19 heavy (non-hydrogen) atoms. The largest absolute Gasteiger partial charge is 0.336 e. The van der Waals surface area contributed by atoms with Crippen LogP contribution in [-0.2, 0) is 0 Å². The van der Waals surface area contributed by atoms with Gasteiger partial charge in [0.2, 0.25) is 0 Å². The van der Waals surface area contributed by atoms with Gasteiger partial charge < -0.3 is 5.32 Å². The van der Waals surface area contributed by atoms with E-state index in [1.165, 1.54) is 18.2 Å². The summed E-state index contributed by atoms with van der Waals surface area (Å²) >= 11 is 0. The Morgan fingerprint density at radius 1 is 1.47 bits per heavy atom. The predicted molar refractivity (Wildman–Crippen MR) is 69.5 cm³/mol. The molecule has 1 unspecified atom stereocenters. The highest BCUT2D eigenvalue weighted by atomic mass is 16.6. The number of benzene rings is 1. The zero-order valence-corrected chi connectivity index (χ0v) is 11.0. The fourth-order valence-electron chi connectivity index (χ4n) is 1.58. The number of carbonyl (C=O) groups is 1. The van der Waals surface area contributed by atoms with E-state index in [4.69, 9.17) is 5.26 Å². The summed E-state index contributed by atoms with van der Waals surface area (Å²) in [4.78, 5) is 22.1. The molecule has 6 nitrogen and oxygen atoms in total. The average Bonchev–Trinajstić information content (AvgIpc) is 2.34. The number of amides is 1. The van der Waals surface area contributed by atoms with Gasteiger partial charge in [-0.15, -0.1) is 0 Å². The van der Waals surface area contributed by atoms with E-state index in [0.29, 0.717) is 11.1 Å². The third-order valence-electron chi connectivity index (χ3n) is 2.76. The third-order valence-corrected chi connectivity index (χ3v) is 2.76. The van der Waals surface area contributed by atoms with Gasteiger partial charge in [0, 0.05) is 17.7 Å². The van der Waals surface area contributed by atoms with Crippen molar-refractivity contribution in [3.63, 3.8) is 0 Å². The van der Waals surface area contributed by atoms with Crippen molar-refractivity contribution in [2.24, 2.45) is 5.92 Å². The van der Waals surface area contributed by atoms with E-state index in [1.54, 1.807) is 6.92 Å². The van der Waals surface area contributed by atoms with Gasteiger partial charge in [0.15, 0.2) is 0 Å². The Labute approximate surface area is 111 Å². The zero-order valence-electron chi connectivity index (χ0n) is 11.0. The molecule has 100 valence electrons. The molecule has 1 N–H and O–H groups in total. The maximum absolute atomic E-state index is 12.0. The fourth-order valence-corrected chi connectivity index (χ4v) is 1.58. The van der Waals surface area contributed by atoms with Gasteiger partial charge in [-0.05, 0) is 24.5 Å². The van der Waals surface area contributed by atoms with Crippen LogP contribution < -0.4 is 5.32 Å². The number of carbonyl (C=O) groups excluding carboxylic acids is 1. The molecule has 0 aliphatic carbocycles. The van der Waals surface area contributed by atoms with Gasteiger partial charge in [0.1, 0.15) is 6.04 Å². The molecule has 6 heteroatoms. The molecule has 0 spiro atoms. The van der Waals surface area contributed by atoms with E-state index in [0.717, 1.165) is 0 Å². The van der Waals surface area contributed by atoms with Crippen LogP contribution in [0, 0.1) is 34.3 Å². The summed E-state index contributed by atoms with van der Waals surface area (Å²) in [6.07, 6.45) is 0. The minimum Gasteiger partial charge on any atom is -0.336 e. The van der Waals surface area contributed by atoms with E-state index < -0.39 is 16.9 Å². The van der Waals surface area contributed by atoms with Crippen molar-refractivity contribution in [2.45, 2.75) is 26.8 Å². The molecular weight excluding hydrogens is 246 g/mol. The van der Waals surface area contributed by atoms with E-state index in [2.05, 4.69) is 5.32 Å². The lowest BCUT2D eigenvalue weighted by molar-refractivity contribution is -0.384. The number of nitriles is 1. The number of hydrogen-bond acceptors (Lipinski definition) is 4. The van der Waals surface area contributed by atoms with Gasteiger partial charge in [-0.2, -0.15) is 5.26 Å². The normalized spacial score (nSPS) is 11.7. The Bertz CT molecular complexity index is 547. The first-order valence-electron chi connectivity index (χ1n) is 5.82. The van der Waals surface area contributed by atoms with Crippen molar-refractivity contribution < 1.29 is 9.72 Å². The lowest BCUT2D eigenvalue weighted by Gasteiger charge is -2.15. The molecule has 1 rings (SSSR count). The summed E-state index contributed by atoms with van der Waals surface area (Å²) in [7, 11) is 0. The maximum atomic E-state index is 12.0. The first-order valence-corrected chi connectivity index (χ1v) is 5.82. The molecule has 0 aliphatic heterocycles. The molecule has 0 bridgehead atoms. The van der Waals surface area contributed by atoms with Gasteiger partial charge in [-0.25, -0.2) is 0 Å². The Hall–Kier alpha value is -2.42. The quantitative estimate of drug-likeness (QED) is 0.663. The molecule has 0 saturated heterocycles. The Kier molecular flexibility index (Phi) is 4.59. The second-order valence-electron chi connectivity index (χ2n) is 4.58. The number of nitro groups is 1. The Balaban J connectivity index is 2.95. The predicted octanol–water partition coefficient (Wildman–Crippen LogP) is 2.18. The maximum Gasteiger partial charge on any atom is 0.269 e. The monoisotopic (exact) mass is 261 g/mol. The molecule has 0 saturated carbocycles. The molecule has 0 heterocycles. The molecule has 1 aromatic rings.